The van der Waals surface area contributed by atoms with Gasteiger partial charge in [-0.1, -0.05) is 0 Å². The molecule has 0 aliphatic carbocycles. The molecular formula is C17H13FN2O4S2. The number of nitrogens with one attached hydrogen (secondary N) is 1. The van der Waals surface area contributed by atoms with Gasteiger partial charge in [0.2, 0.25) is 0 Å². The van der Waals surface area contributed by atoms with Gasteiger partial charge < -0.3 is 5.11 Å². The molecule has 0 spiro atoms. The van der Waals surface area contributed by atoms with Gasteiger partial charge in [0.15, 0.2) is 5.03 Å². The van der Waals surface area contributed by atoms with Crippen molar-refractivity contribution in [1.29, 1.82) is 0 Å². The molecule has 0 saturated heterocycles. The zero-order chi connectivity index (χ0) is 18.9. The zero-order valence-corrected chi connectivity index (χ0v) is 15.1. The third-order valence-corrected chi connectivity index (χ3v) is 5.86. The van der Waals surface area contributed by atoms with Gasteiger partial charge in [0, 0.05) is 16.6 Å². The predicted molar refractivity (Wildman–Crippen MR) is 96.5 cm³/mol. The summed E-state index contributed by atoms with van der Waals surface area (Å²) < 4.78 is 40.3. The predicted octanol–water partition coefficient (Wildman–Crippen LogP) is 3.76. The van der Waals surface area contributed by atoms with Crippen molar-refractivity contribution in [2.24, 2.45) is 0 Å². The Balaban J connectivity index is 1.86. The van der Waals surface area contributed by atoms with Crippen molar-refractivity contribution in [2.75, 3.05) is 4.72 Å². The molecule has 0 fully saturated rings. The van der Waals surface area contributed by atoms with Crippen molar-refractivity contribution >= 4 is 33.0 Å². The van der Waals surface area contributed by atoms with Gasteiger partial charge >= 0.3 is 5.97 Å². The van der Waals surface area contributed by atoms with Crippen LogP contribution in [-0.4, -0.2) is 24.5 Å². The minimum Gasteiger partial charge on any atom is -0.478 e. The van der Waals surface area contributed by atoms with Crippen LogP contribution < -0.4 is 4.72 Å². The molecule has 9 heteroatoms. The Kier molecular flexibility index (Phi) is 4.75. The summed E-state index contributed by atoms with van der Waals surface area (Å²) in [6.07, 6.45) is 0. The number of carboxylic acid groups (broad SMARTS) is 1. The second kappa shape index (κ2) is 6.85. The maximum absolute atomic E-state index is 13.0. The molecule has 2 aromatic carbocycles. The van der Waals surface area contributed by atoms with Crippen LogP contribution in [0.3, 0.4) is 0 Å². The van der Waals surface area contributed by atoms with E-state index in [4.69, 9.17) is 5.11 Å². The average Bonchev–Trinajstić information content (AvgIpc) is 3.06. The minimum atomic E-state index is -3.93. The maximum Gasteiger partial charge on any atom is 0.335 e. The number of thiazole rings is 1. The van der Waals surface area contributed by atoms with Gasteiger partial charge in [-0.15, -0.1) is 11.3 Å². The first-order chi connectivity index (χ1) is 12.3. The minimum absolute atomic E-state index is 0.0974. The molecule has 0 aliphatic rings. The Morgan fingerprint density at radius 3 is 2.50 bits per heavy atom. The second-order valence-corrected chi connectivity index (χ2v) is 7.93. The molecule has 0 radical (unpaired) electrons. The van der Waals surface area contributed by atoms with Crippen molar-refractivity contribution in [3.05, 3.63) is 64.8 Å². The molecular weight excluding hydrogens is 379 g/mol. The smallest absolute Gasteiger partial charge is 0.335 e. The van der Waals surface area contributed by atoms with Crippen LogP contribution in [-0.2, 0) is 10.0 Å². The number of nitrogens with zero attached hydrogens (tertiary/aromatic N) is 1. The molecule has 1 aromatic heterocycles. The number of aromatic carboxylic acids is 1. The lowest BCUT2D eigenvalue weighted by Crippen LogP contribution is -2.14. The van der Waals surface area contributed by atoms with E-state index in [0.29, 0.717) is 16.1 Å². The summed E-state index contributed by atoms with van der Waals surface area (Å²) in [6, 6.07) is 9.74. The molecule has 2 N–H and O–H groups in total. The van der Waals surface area contributed by atoms with E-state index in [9.17, 15) is 17.6 Å². The summed E-state index contributed by atoms with van der Waals surface area (Å²) in [6.45, 7) is 1.58. The number of carbonyl (C=O) groups is 1. The fourth-order valence-electron chi connectivity index (χ4n) is 2.28. The highest BCUT2D eigenvalue weighted by Crippen LogP contribution is 2.27. The highest BCUT2D eigenvalue weighted by molar-refractivity contribution is 7.92. The van der Waals surface area contributed by atoms with Crippen molar-refractivity contribution in [1.82, 2.24) is 4.98 Å². The third kappa shape index (κ3) is 3.73. The standard InChI is InChI=1S/C17H13FN2O4S2/c1-10-8-13(6-7-14(10)17(21)22)20-26(23,24)15-9-25-16(19-15)11-2-4-12(18)5-3-11/h2-9,20H,1H3,(H,21,22). The highest BCUT2D eigenvalue weighted by atomic mass is 32.2. The van der Waals surface area contributed by atoms with E-state index in [1.807, 2.05) is 0 Å². The molecule has 134 valence electrons. The Morgan fingerprint density at radius 2 is 1.88 bits per heavy atom. The number of aryl methyl sites for hydroxylation is 1. The number of aromatic nitrogens is 1. The van der Waals surface area contributed by atoms with Crippen LogP contribution in [0.1, 0.15) is 15.9 Å². The maximum atomic E-state index is 13.0. The van der Waals surface area contributed by atoms with E-state index >= 15 is 0 Å². The highest BCUT2D eigenvalue weighted by Gasteiger charge is 2.19. The number of rotatable bonds is 5. The Bertz CT molecular complexity index is 1080. The second-order valence-electron chi connectivity index (χ2n) is 5.44. The quantitative estimate of drug-likeness (QED) is 0.689. The van der Waals surface area contributed by atoms with Crippen LogP contribution in [0.15, 0.2) is 52.9 Å². The Labute approximate surface area is 153 Å². The van der Waals surface area contributed by atoms with Crippen molar-refractivity contribution < 1.29 is 22.7 Å². The summed E-state index contributed by atoms with van der Waals surface area (Å²) in [4.78, 5) is 15.1. The fourth-order valence-corrected chi connectivity index (χ4v) is 4.43. The van der Waals surface area contributed by atoms with Gasteiger partial charge in [0.25, 0.3) is 10.0 Å². The lowest BCUT2D eigenvalue weighted by atomic mass is 10.1. The van der Waals surface area contributed by atoms with E-state index in [0.717, 1.165) is 11.3 Å². The van der Waals surface area contributed by atoms with Crippen molar-refractivity contribution in [3.8, 4) is 10.6 Å². The van der Waals surface area contributed by atoms with Crippen LogP contribution >= 0.6 is 11.3 Å². The monoisotopic (exact) mass is 392 g/mol. The molecule has 3 aromatic rings. The molecule has 3 rings (SSSR count). The summed E-state index contributed by atoms with van der Waals surface area (Å²) in [5, 5.41) is 10.7. The Morgan fingerprint density at radius 1 is 1.19 bits per heavy atom. The first-order valence-electron chi connectivity index (χ1n) is 7.34. The van der Waals surface area contributed by atoms with Crippen LogP contribution in [0.25, 0.3) is 10.6 Å². The molecule has 26 heavy (non-hydrogen) atoms. The number of anilines is 1. The number of carboxylic acids is 1. The Hall–Kier alpha value is -2.78. The first-order valence-corrected chi connectivity index (χ1v) is 9.71. The van der Waals surface area contributed by atoms with E-state index in [2.05, 4.69) is 9.71 Å². The number of halogens is 1. The van der Waals surface area contributed by atoms with Crippen molar-refractivity contribution in [2.45, 2.75) is 11.9 Å². The van der Waals surface area contributed by atoms with E-state index in [-0.39, 0.29) is 22.1 Å². The topological polar surface area (TPSA) is 96.4 Å². The molecule has 6 nitrogen and oxygen atoms in total. The molecule has 0 saturated carbocycles. The molecule has 0 unspecified atom stereocenters. The van der Waals surface area contributed by atoms with Gasteiger partial charge in [-0.25, -0.2) is 14.2 Å². The van der Waals surface area contributed by atoms with Crippen LogP contribution in [0.2, 0.25) is 0 Å². The van der Waals surface area contributed by atoms with E-state index < -0.39 is 16.0 Å². The fraction of sp³-hybridized carbons (Fsp3) is 0.0588. The van der Waals surface area contributed by atoms with Crippen LogP contribution in [0, 0.1) is 12.7 Å². The lowest BCUT2D eigenvalue weighted by Gasteiger charge is -2.08. The number of sulfonamides is 1. The van der Waals surface area contributed by atoms with Crippen LogP contribution in [0.4, 0.5) is 10.1 Å². The summed E-state index contributed by atoms with van der Waals surface area (Å²) >= 11 is 1.13. The van der Waals surface area contributed by atoms with E-state index in [1.54, 1.807) is 6.92 Å². The molecule has 0 amide bonds. The van der Waals surface area contributed by atoms with Crippen molar-refractivity contribution in [3.63, 3.8) is 0 Å². The summed E-state index contributed by atoms with van der Waals surface area (Å²) in [7, 11) is -3.93. The van der Waals surface area contributed by atoms with Gasteiger partial charge in [0.05, 0.1) is 5.56 Å². The van der Waals surface area contributed by atoms with Gasteiger partial charge in [0.1, 0.15) is 10.8 Å². The normalized spacial score (nSPS) is 11.3. The molecule has 0 atom stereocenters. The van der Waals surface area contributed by atoms with Gasteiger partial charge in [-0.2, -0.15) is 8.42 Å². The van der Waals surface area contributed by atoms with Gasteiger partial charge in [-0.3, -0.25) is 4.72 Å². The third-order valence-electron chi connectivity index (χ3n) is 3.56. The summed E-state index contributed by atoms with van der Waals surface area (Å²) in [5.74, 6) is -1.47. The van der Waals surface area contributed by atoms with Crippen LogP contribution in [0.5, 0.6) is 0 Å². The molecule has 0 aliphatic heterocycles. The first kappa shape index (κ1) is 18.0. The summed E-state index contributed by atoms with van der Waals surface area (Å²) in [5.41, 5.74) is 1.38. The van der Waals surface area contributed by atoms with Gasteiger partial charge in [-0.05, 0) is 55.0 Å². The van der Waals surface area contributed by atoms with E-state index in [1.165, 1.54) is 47.8 Å². The molecule has 1 heterocycles. The zero-order valence-electron chi connectivity index (χ0n) is 13.4. The number of hydrogen-bond acceptors (Lipinski definition) is 5. The lowest BCUT2D eigenvalue weighted by molar-refractivity contribution is 0.0696. The molecule has 0 bridgehead atoms. The largest absolute Gasteiger partial charge is 0.478 e. The number of hydrogen-bond donors (Lipinski definition) is 2. The SMILES string of the molecule is Cc1cc(NS(=O)(=O)c2csc(-c3ccc(F)cc3)n2)ccc1C(=O)O. The number of benzene rings is 2. The average molecular weight is 392 g/mol.